The highest BCUT2D eigenvalue weighted by molar-refractivity contribution is 5.96. The summed E-state index contributed by atoms with van der Waals surface area (Å²) in [7, 11) is 3.08. The molecule has 3 rings (SSSR count). The number of likely N-dealkylation sites (tertiary alicyclic amines) is 1. The van der Waals surface area contributed by atoms with Crippen molar-refractivity contribution in [3.8, 4) is 5.75 Å². The first-order valence-corrected chi connectivity index (χ1v) is 8.15. The maximum Gasteiger partial charge on any atom is 0.259 e. The minimum atomic E-state index is -0.207. The Bertz CT molecular complexity index is 798. The first-order chi connectivity index (χ1) is 12.1. The van der Waals surface area contributed by atoms with Crippen molar-refractivity contribution in [2.75, 3.05) is 25.5 Å². The zero-order valence-electron chi connectivity index (χ0n) is 14.3. The standard InChI is InChI=1S/C17H21N5O3/c1-21-10-13(14(25-2)9-16(21)23)17(24)22-7-4-12(5-8-22)20-15-3-6-18-11-19-15/h3,6,9-12H,4-5,7-8H2,1-2H3,(H,18,19,20). The number of carbonyl (C=O) groups is 1. The second-order valence-electron chi connectivity index (χ2n) is 6.01. The molecule has 1 fully saturated rings. The van der Waals surface area contributed by atoms with Gasteiger partial charge < -0.3 is 19.5 Å². The van der Waals surface area contributed by atoms with Crippen molar-refractivity contribution in [2.45, 2.75) is 18.9 Å². The minimum absolute atomic E-state index is 0.118. The van der Waals surface area contributed by atoms with E-state index in [2.05, 4.69) is 15.3 Å². The SMILES string of the molecule is COc1cc(=O)n(C)cc1C(=O)N1CCC(Nc2ccncn2)CC1. The van der Waals surface area contributed by atoms with Crippen molar-refractivity contribution < 1.29 is 9.53 Å². The summed E-state index contributed by atoms with van der Waals surface area (Å²) in [6, 6.07) is 3.43. The number of piperidine rings is 1. The fourth-order valence-electron chi connectivity index (χ4n) is 2.92. The second-order valence-corrected chi connectivity index (χ2v) is 6.01. The molecule has 0 bridgehead atoms. The summed E-state index contributed by atoms with van der Waals surface area (Å²) in [5.41, 5.74) is 0.202. The maximum atomic E-state index is 12.8. The fourth-order valence-corrected chi connectivity index (χ4v) is 2.92. The Morgan fingerprint density at radius 1 is 1.36 bits per heavy atom. The number of nitrogens with zero attached hydrogens (tertiary/aromatic N) is 4. The van der Waals surface area contributed by atoms with Gasteiger partial charge in [0.15, 0.2) is 0 Å². The van der Waals surface area contributed by atoms with Crippen molar-refractivity contribution in [2.24, 2.45) is 7.05 Å². The number of methoxy groups -OCH3 is 1. The zero-order chi connectivity index (χ0) is 17.8. The lowest BCUT2D eigenvalue weighted by molar-refractivity contribution is 0.0714. The van der Waals surface area contributed by atoms with Gasteiger partial charge >= 0.3 is 0 Å². The molecule has 0 atom stereocenters. The van der Waals surface area contributed by atoms with Gasteiger partial charge in [0.05, 0.1) is 12.7 Å². The van der Waals surface area contributed by atoms with Crippen LogP contribution in [0.25, 0.3) is 0 Å². The lowest BCUT2D eigenvalue weighted by Crippen LogP contribution is -2.42. The fraction of sp³-hybridized carbons (Fsp3) is 0.412. The summed E-state index contributed by atoms with van der Waals surface area (Å²) in [4.78, 5) is 34.4. The number of pyridine rings is 1. The molecule has 2 aromatic rings. The quantitative estimate of drug-likeness (QED) is 0.887. The Hall–Kier alpha value is -2.90. The summed E-state index contributed by atoms with van der Waals surface area (Å²) < 4.78 is 6.59. The number of amides is 1. The van der Waals surface area contributed by atoms with Gasteiger partial charge in [-0.25, -0.2) is 9.97 Å². The van der Waals surface area contributed by atoms with E-state index in [9.17, 15) is 9.59 Å². The van der Waals surface area contributed by atoms with Gasteiger partial charge in [-0.2, -0.15) is 0 Å². The summed E-state index contributed by atoms with van der Waals surface area (Å²) in [5.74, 6) is 0.988. The molecule has 1 aliphatic heterocycles. The molecule has 25 heavy (non-hydrogen) atoms. The highest BCUT2D eigenvalue weighted by Crippen LogP contribution is 2.21. The molecule has 0 aliphatic carbocycles. The average molecular weight is 343 g/mol. The number of ether oxygens (including phenoxy) is 1. The molecular weight excluding hydrogens is 322 g/mol. The van der Waals surface area contributed by atoms with E-state index in [4.69, 9.17) is 4.74 Å². The molecule has 8 heteroatoms. The number of hydrogen-bond donors (Lipinski definition) is 1. The lowest BCUT2D eigenvalue weighted by atomic mass is 10.0. The highest BCUT2D eigenvalue weighted by Gasteiger charge is 2.26. The van der Waals surface area contributed by atoms with Crippen LogP contribution < -0.4 is 15.6 Å². The van der Waals surface area contributed by atoms with Crippen LogP contribution in [0.1, 0.15) is 23.2 Å². The van der Waals surface area contributed by atoms with Crippen LogP contribution in [0.5, 0.6) is 5.75 Å². The molecule has 0 unspecified atom stereocenters. The highest BCUT2D eigenvalue weighted by atomic mass is 16.5. The third kappa shape index (κ3) is 3.78. The maximum absolute atomic E-state index is 12.8. The molecule has 2 aromatic heterocycles. The molecule has 0 radical (unpaired) electrons. The van der Waals surface area contributed by atoms with Crippen molar-refractivity contribution in [3.05, 3.63) is 46.8 Å². The Morgan fingerprint density at radius 2 is 2.12 bits per heavy atom. The average Bonchev–Trinajstić information content (AvgIpc) is 2.64. The molecule has 1 N–H and O–H groups in total. The monoisotopic (exact) mass is 343 g/mol. The topological polar surface area (TPSA) is 89.4 Å². The van der Waals surface area contributed by atoms with E-state index < -0.39 is 0 Å². The Kier molecular flexibility index (Phi) is 4.97. The summed E-state index contributed by atoms with van der Waals surface area (Å²) in [5, 5.41) is 3.36. The van der Waals surface area contributed by atoms with Gasteiger partial charge in [0.25, 0.3) is 11.5 Å². The molecule has 3 heterocycles. The number of hydrogen-bond acceptors (Lipinski definition) is 6. The molecule has 1 aliphatic rings. The molecule has 1 amide bonds. The van der Waals surface area contributed by atoms with Crippen LogP contribution in [0.15, 0.2) is 35.6 Å². The van der Waals surface area contributed by atoms with Crippen molar-refractivity contribution in [1.29, 1.82) is 0 Å². The van der Waals surface area contributed by atoms with Gasteiger partial charge in [-0.15, -0.1) is 0 Å². The third-order valence-corrected chi connectivity index (χ3v) is 4.36. The Morgan fingerprint density at radius 3 is 2.76 bits per heavy atom. The summed E-state index contributed by atoms with van der Waals surface area (Å²) in [6.45, 7) is 1.27. The van der Waals surface area contributed by atoms with Crippen LogP contribution >= 0.6 is 0 Å². The Balaban J connectivity index is 1.66. The van der Waals surface area contributed by atoms with Crippen LogP contribution in [-0.4, -0.2) is 51.6 Å². The van der Waals surface area contributed by atoms with E-state index in [-0.39, 0.29) is 17.5 Å². The number of anilines is 1. The van der Waals surface area contributed by atoms with Crippen LogP contribution in [0, 0.1) is 0 Å². The summed E-state index contributed by atoms with van der Waals surface area (Å²) in [6.07, 6.45) is 6.38. The second kappa shape index (κ2) is 7.33. The number of carbonyl (C=O) groups excluding carboxylic acids is 1. The normalized spacial score (nSPS) is 15.0. The van der Waals surface area contributed by atoms with Crippen LogP contribution in [0.3, 0.4) is 0 Å². The predicted molar refractivity (Wildman–Crippen MR) is 92.8 cm³/mol. The van der Waals surface area contributed by atoms with Crippen molar-refractivity contribution in [3.63, 3.8) is 0 Å². The van der Waals surface area contributed by atoms with E-state index >= 15 is 0 Å². The molecule has 132 valence electrons. The van der Waals surface area contributed by atoms with E-state index in [0.29, 0.717) is 24.4 Å². The number of nitrogens with one attached hydrogen (secondary N) is 1. The largest absolute Gasteiger partial charge is 0.496 e. The molecular formula is C17H21N5O3. The van der Waals surface area contributed by atoms with Crippen molar-refractivity contribution >= 4 is 11.7 Å². The minimum Gasteiger partial charge on any atom is -0.496 e. The molecule has 0 spiro atoms. The lowest BCUT2D eigenvalue weighted by Gasteiger charge is -2.33. The first kappa shape index (κ1) is 16.9. The zero-order valence-corrected chi connectivity index (χ0v) is 14.3. The van der Waals surface area contributed by atoms with Crippen LogP contribution in [-0.2, 0) is 7.05 Å². The molecule has 0 aromatic carbocycles. The Labute approximate surface area is 145 Å². The van der Waals surface area contributed by atoms with E-state index in [1.165, 1.54) is 30.3 Å². The smallest absolute Gasteiger partial charge is 0.259 e. The molecule has 8 nitrogen and oxygen atoms in total. The van der Waals surface area contributed by atoms with Gasteiger partial charge in [0.2, 0.25) is 0 Å². The first-order valence-electron chi connectivity index (χ1n) is 8.15. The predicted octanol–water partition coefficient (Wildman–Crippen LogP) is 0.901. The number of aromatic nitrogens is 3. The summed E-state index contributed by atoms with van der Waals surface area (Å²) >= 11 is 0. The molecule has 0 saturated carbocycles. The van der Waals surface area contributed by atoms with E-state index in [1.54, 1.807) is 18.1 Å². The third-order valence-electron chi connectivity index (χ3n) is 4.36. The van der Waals surface area contributed by atoms with Gasteiger partial charge in [0.1, 0.15) is 17.9 Å². The van der Waals surface area contributed by atoms with Gasteiger partial charge in [-0.3, -0.25) is 9.59 Å². The number of aryl methyl sites for hydroxylation is 1. The van der Waals surface area contributed by atoms with E-state index in [1.807, 2.05) is 6.07 Å². The van der Waals surface area contributed by atoms with Crippen LogP contribution in [0.4, 0.5) is 5.82 Å². The van der Waals surface area contributed by atoms with Crippen molar-refractivity contribution in [1.82, 2.24) is 19.4 Å². The van der Waals surface area contributed by atoms with Gasteiger partial charge in [-0.05, 0) is 18.9 Å². The molecule has 1 saturated heterocycles. The van der Waals surface area contributed by atoms with Gasteiger partial charge in [-0.1, -0.05) is 0 Å². The number of rotatable bonds is 4. The van der Waals surface area contributed by atoms with Crippen LogP contribution in [0.2, 0.25) is 0 Å². The van der Waals surface area contributed by atoms with E-state index in [0.717, 1.165) is 18.7 Å². The van der Waals surface area contributed by atoms with Gasteiger partial charge in [0, 0.05) is 44.6 Å².